The van der Waals surface area contributed by atoms with E-state index in [0.29, 0.717) is 6.29 Å². The van der Waals surface area contributed by atoms with Gasteiger partial charge in [-0.3, -0.25) is 4.79 Å². The monoisotopic (exact) mass is 132 g/mol. The lowest BCUT2D eigenvalue weighted by molar-refractivity contribution is -0.105. The number of allylic oxidation sites excluding steroid dienone is 2. The summed E-state index contributed by atoms with van der Waals surface area (Å²) >= 11 is 0. The molecule has 0 radical (unpaired) electrons. The molecule has 0 amide bonds. The zero-order valence-corrected chi connectivity index (χ0v) is 4.73. The number of hydrogen-bond donors (Lipinski definition) is 0. The second-order valence-corrected chi connectivity index (χ2v) is 2.10. The van der Waals surface area contributed by atoms with E-state index in [1.54, 1.807) is 0 Å². The van der Waals surface area contributed by atoms with E-state index in [0.717, 1.165) is 6.08 Å². The number of aldehydes is 1. The van der Waals surface area contributed by atoms with Gasteiger partial charge < -0.3 is 0 Å². The van der Waals surface area contributed by atoms with E-state index in [1.807, 2.05) is 0 Å². The zero-order valence-electron chi connectivity index (χ0n) is 4.73. The standard InChI is InChI=1S/C6H6F2O/c7-6(8)2-1-5(3-6)4-9/h3-4H,1-2H2. The summed E-state index contributed by atoms with van der Waals surface area (Å²) in [5.41, 5.74) is 0.222. The average Bonchev–Trinajstić information content (AvgIpc) is 2.10. The SMILES string of the molecule is O=CC1=CC(F)(F)CC1. The van der Waals surface area contributed by atoms with Crippen molar-refractivity contribution in [3.05, 3.63) is 11.6 Å². The maximum atomic E-state index is 12.1. The lowest BCUT2D eigenvalue weighted by atomic mass is 10.3. The summed E-state index contributed by atoms with van der Waals surface area (Å²) in [6.07, 6.45) is 1.23. The van der Waals surface area contributed by atoms with Crippen LogP contribution in [-0.4, -0.2) is 12.2 Å². The molecule has 0 aromatic rings. The molecule has 9 heavy (non-hydrogen) atoms. The van der Waals surface area contributed by atoms with Crippen LogP contribution in [0.1, 0.15) is 12.8 Å². The van der Waals surface area contributed by atoms with Crippen molar-refractivity contribution in [1.29, 1.82) is 0 Å². The predicted octanol–water partition coefficient (Wildman–Crippen LogP) is 1.54. The Hall–Kier alpha value is -0.730. The van der Waals surface area contributed by atoms with E-state index in [-0.39, 0.29) is 18.4 Å². The van der Waals surface area contributed by atoms with Crippen LogP contribution < -0.4 is 0 Å². The van der Waals surface area contributed by atoms with Gasteiger partial charge in [-0.05, 0) is 18.1 Å². The molecule has 0 aromatic carbocycles. The highest BCUT2D eigenvalue weighted by Gasteiger charge is 2.31. The van der Waals surface area contributed by atoms with E-state index in [1.165, 1.54) is 0 Å². The normalized spacial score (nSPS) is 23.6. The lowest BCUT2D eigenvalue weighted by Crippen LogP contribution is -2.05. The summed E-state index contributed by atoms with van der Waals surface area (Å²) in [7, 11) is 0. The summed E-state index contributed by atoms with van der Waals surface area (Å²) in [5, 5.41) is 0. The third-order valence-electron chi connectivity index (χ3n) is 1.29. The quantitative estimate of drug-likeness (QED) is 0.494. The molecule has 1 aliphatic rings. The predicted molar refractivity (Wildman–Crippen MR) is 28.3 cm³/mol. The Morgan fingerprint density at radius 3 is 2.56 bits per heavy atom. The van der Waals surface area contributed by atoms with Gasteiger partial charge in [0.2, 0.25) is 0 Å². The van der Waals surface area contributed by atoms with Crippen LogP contribution in [0.4, 0.5) is 8.78 Å². The molecule has 0 atom stereocenters. The molecule has 0 fully saturated rings. The Bertz CT molecular complexity index is 160. The molecular formula is C6H6F2O. The summed E-state index contributed by atoms with van der Waals surface area (Å²) in [6.45, 7) is 0. The molecule has 0 bridgehead atoms. The van der Waals surface area contributed by atoms with E-state index in [9.17, 15) is 13.6 Å². The van der Waals surface area contributed by atoms with Crippen molar-refractivity contribution in [2.45, 2.75) is 18.8 Å². The molecule has 1 aliphatic carbocycles. The Labute approximate surface area is 51.4 Å². The molecule has 0 saturated carbocycles. The van der Waals surface area contributed by atoms with Crippen molar-refractivity contribution in [3.63, 3.8) is 0 Å². The molecule has 0 heterocycles. The highest BCUT2D eigenvalue weighted by molar-refractivity contribution is 5.74. The largest absolute Gasteiger partial charge is 0.298 e. The van der Waals surface area contributed by atoms with Crippen LogP contribution in [0.2, 0.25) is 0 Å². The Morgan fingerprint density at radius 1 is 1.67 bits per heavy atom. The molecule has 0 unspecified atom stereocenters. The first-order valence-electron chi connectivity index (χ1n) is 2.69. The third-order valence-corrected chi connectivity index (χ3v) is 1.29. The molecule has 50 valence electrons. The number of hydrogen-bond acceptors (Lipinski definition) is 1. The van der Waals surface area contributed by atoms with Crippen LogP contribution in [0.3, 0.4) is 0 Å². The van der Waals surface area contributed by atoms with Crippen LogP contribution in [0.5, 0.6) is 0 Å². The molecule has 3 heteroatoms. The van der Waals surface area contributed by atoms with Crippen molar-refractivity contribution < 1.29 is 13.6 Å². The van der Waals surface area contributed by atoms with Crippen molar-refractivity contribution >= 4 is 6.29 Å². The smallest absolute Gasteiger partial charge is 0.267 e. The molecule has 0 saturated heterocycles. The van der Waals surface area contributed by atoms with E-state index in [4.69, 9.17) is 0 Å². The van der Waals surface area contributed by atoms with Crippen molar-refractivity contribution in [1.82, 2.24) is 0 Å². The second kappa shape index (κ2) is 1.90. The van der Waals surface area contributed by atoms with Gasteiger partial charge in [-0.15, -0.1) is 0 Å². The van der Waals surface area contributed by atoms with E-state index in [2.05, 4.69) is 0 Å². The fourth-order valence-corrected chi connectivity index (χ4v) is 0.820. The first-order valence-corrected chi connectivity index (χ1v) is 2.69. The minimum absolute atomic E-state index is 0.207. The Morgan fingerprint density at radius 2 is 2.33 bits per heavy atom. The van der Waals surface area contributed by atoms with Crippen molar-refractivity contribution in [2.24, 2.45) is 0 Å². The van der Waals surface area contributed by atoms with Crippen molar-refractivity contribution in [2.75, 3.05) is 0 Å². The molecule has 1 rings (SSSR count). The van der Waals surface area contributed by atoms with Crippen molar-refractivity contribution in [3.8, 4) is 0 Å². The third kappa shape index (κ3) is 1.34. The van der Waals surface area contributed by atoms with Crippen LogP contribution in [0, 0.1) is 0 Å². The number of alkyl halides is 2. The van der Waals surface area contributed by atoms with Gasteiger partial charge in [-0.25, -0.2) is 8.78 Å². The summed E-state index contributed by atoms with van der Waals surface area (Å²) < 4.78 is 24.3. The number of halogens is 2. The lowest BCUT2D eigenvalue weighted by Gasteiger charge is -2.00. The van der Waals surface area contributed by atoms with Gasteiger partial charge in [0.15, 0.2) is 0 Å². The summed E-state index contributed by atoms with van der Waals surface area (Å²) in [6, 6.07) is 0. The summed E-state index contributed by atoms with van der Waals surface area (Å²) in [4.78, 5) is 9.89. The highest BCUT2D eigenvalue weighted by atomic mass is 19.3. The van der Waals surface area contributed by atoms with Gasteiger partial charge in [0, 0.05) is 6.42 Å². The van der Waals surface area contributed by atoms with Gasteiger partial charge in [0.1, 0.15) is 6.29 Å². The zero-order chi connectivity index (χ0) is 6.91. The number of carbonyl (C=O) groups is 1. The molecule has 0 aromatic heterocycles. The second-order valence-electron chi connectivity index (χ2n) is 2.10. The maximum Gasteiger partial charge on any atom is 0.267 e. The minimum Gasteiger partial charge on any atom is -0.298 e. The minimum atomic E-state index is -2.73. The summed E-state index contributed by atoms with van der Waals surface area (Å²) in [5.74, 6) is -2.73. The van der Waals surface area contributed by atoms with Gasteiger partial charge in [0.25, 0.3) is 5.92 Å². The van der Waals surface area contributed by atoms with Gasteiger partial charge in [-0.2, -0.15) is 0 Å². The van der Waals surface area contributed by atoms with E-state index < -0.39 is 5.92 Å². The van der Waals surface area contributed by atoms with Gasteiger partial charge in [-0.1, -0.05) is 0 Å². The first-order chi connectivity index (χ1) is 4.14. The van der Waals surface area contributed by atoms with E-state index >= 15 is 0 Å². The number of rotatable bonds is 1. The van der Waals surface area contributed by atoms with Gasteiger partial charge >= 0.3 is 0 Å². The molecular weight excluding hydrogens is 126 g/mol. The first kappa shape index (κ1) is 6.39. The number of carbonyl (C=O) groups excluding carboxylic acids is 1. The fourth-order valence-electron chi connectivity index (χ4n) is 0.820. The Balaban J connectivity index is 2.71. The fraction of sp³-hybridized carbons (Fsp3) is 0.500. The average molecular weight is 132 g/mol. The molecule has 0 aliphatic heterocycles. The van der Waals surface area contributed by atoms with Crippen LogP contribution in [0.15, 0.2) is 11.6 Å². The van der Waals surface area contributed by atoms with Gasteiger partial charge in [0.05, 0.1) is 0 Å². The molecule has 0 spiro atoms. The Kier molecular flexibility index (Phi) is 1.35. The maximum absolute atomic E-state index is 12.1. The topological polar surface area (TPSA) is 17.1 Å². The highest BCUT2D eigenvalue weighted by Crippen LogP contribution is 2.31. The van der Waals surface area contributed by atoms with Crippen LogP contribution >= 0.6 is 0 Å². The van der Waals surface area contributed by atoms with Crippen LogP contribution in [0.25, 0.3) is 0 Å². The molecule has 1 nitrogen and oxygen atoms in total. The van der Waals surface area contributed by atoms with Crippen LogP contribution in [-0.2, 0) is 4.79 Å². The molecule has 0 N–H and O–H groups in total.